The highest BCUT2D eigenvalue weighted by Crippen LogP contribution is 2.16. The number of amides is 2. The van der Waals surface area contributed by atoms with E-state index in [0.29, 0.717) is 24.8 Å². The maximum atomic E-state index is 13.5. The van der Waals surface area contributed by atoms with Crippen molar-refractivity contribution in [3.63, 3.8) is 0 Å². The van der Waals surface area contributed by atoms with Crippen LogP contribution in [0.15, 0.2) is 42.5 Å². The highest BCUT2D eigenvalue weighted by atomic mass is 19.1. The van der Waals surface area contributed by atoms with Crippen molar-refractivity contribution in [1.29, 1.82) is 0 Å². The SMILES string of the molecule is COCCNC(=O)c1ccc(C(=O)Nc2ccc(F)cc2F)cc1. The van der Waals surface area contributed by atoms with Crippen molar-refractivity contribution in [2.45, 2.75) is 0 Å². The average Bonchev–Trinajstić information content (AvgIpc) is 2.57. The number of hydrogen-bond donors (Lipinski definition) is 2. The largest absolute Gasteiger partial charge is 0.383 e. The van der Waals surface area contributed by atoms with E-state index in [9.17, 15) is 18.4 Å². The minimum atomic E-state index is -0.863. The predicted octanol–water partition coefficient (Wildman–Crippen LogP) is 2.59. The second kappa shape index (κ2) is 8.16. The van der Waals surface area contributed by atoms with Gasteiger partial charge in [-0.05, 0) is 36.4 Å². The summed E-state index contributed by atoms with van der Waals surface area (Å²) in [6.45, 7) is 0.775. The van der Waals surface area contributed by atoms with Gasteiger partial charge in [-0.15, -0.1) is 0 Å². The van der Waals surface area contributed by atoms with Gasteiger partial charge in [0.15, 0.2) is 0 Å². The lowest BCUT2D eigenvalue weighted by molar-refractivity contribution is 0.0935. The van der Waals surface area contributed by atoms with Gasteiger partial charge in [-0.25, -0.2) is 8.78 Å². The van der Waals surface area contributed by atoms with Crippen LogP contribution in [0.4, 0.5) is 14.5 Å². The first kappa shape index (κ1) is 17.6. The van der Waals surface area contributed by atoms with Crippen LogP contribution in [0, 0.1) is 11.6 Å². The molecular weight excluding hydrogens is 318 g/mol. The molecule has 0 heterocycles. The highest BCUT2D eigenvalue weighted by Gasteiger charge is 2.11. The molecule has 0 aliphatic rings. The summed E-state index contributed by atoms with van der Waals surface area (Å²) in [6.07, 6.45) is 0. The average molecular weight is 334 g/mol. The molecule has 5 nitrogen and oxygen atoms in total. The molecule has 24 heavy (non-hydrogen) atoms. The first-order valence-electron chi connectivity index (χ1n) is 7.15. The standard InChI is InChI=1S/C17H16F2N2O3/c1-24-9-8-20-16(22)11-2-4-12(5-3-11)17(23)21-15-7-6-13(18)10-14(15)19/h2-7,10H,8-9H2,1H3,(H,20,22)(H,21,23). The summed E-state index contributed by atoms with van der Waals surface area (Å²) in [6, 6.07) is 8.73. The third-order valence-electron chi connectivity index (χ3n) is 3.18. The summed E-state index contributed by atoms with van der Waals surface area (Å²) >= 11 is 0. The van der Waals surface area contributed by atoms with Crippen molar-refractivity contribution < 1.29 is 23.1 Å². The van der Waals surface area contributed by atoms with Crippen LogP contribution in [-0.4, -0.2) is 32.1 Å². The minimum absolute atomic E-state index is 0.122. The molecule has 126 valence electrons. The zero-order valence-electron chi connectivity index (χ0n) is 12.9. The van der Waals surface area contributed by atoms with Crippen molar-refractivity contribution in [3.8, 4) is 0 Å². The third kappa shape index (κ3) is 4.60. The fourth-order valence-electron chi connectivity index (χ4n) is 1.93. The first-order chi connectivity index (χ1) is 11.5. The summed E-state index contributed by atoms with van der Waals surface area (Å²) in [5.41, 5.74) is 0.505. The summed E-state index contributed by atoms with van der Waals surface area (Å²) in [5, 5.41) is 5.00. The van der Waals surface area contributed by atoms with Crippen LogP contribution in [0.2, 0.25) is 0 Å². The van der Waals surface area contributed by atoms with Gasteiger partial charge in [0.2, 0.25) is 0 Å². The first-order valence-corrected chi connectivity index (χ1v) is 7.15. The molecule has 2 amide bonds. The number of rotatable bonds is 6. The summed E-state index contributed by atoms with van der Waals surface area (Å²) in [5.74, 6) is -2.44. The Kier molecular flexibility index (Phi) is 5.97. The molecule has 0 bridgehead atoms. The molecule has 0 aliphatic heterocycles. The quantitative estimate of drug-likeness (QED) is 0.798. The predicted molar refractivity (Wildman–Crippen MR) is 85.0 cm³/mol. The lowest BCUT2D eigenvalue weighted by Gasteiger charge is -2.08. The second-order valence-corrected chi connectivity index (χ2v) is 4.90. The molecule has 0 spiro atoms. The van der Waals surface area contributed by atoms with Gasteiger partial charge in [0.1, 0.15) is 11.6 Å². The molecule has 0 saturated carbocycles. The fraction of sp³-hybridized carbons (Fsp3) is 0.176. The molecule has 2 aromatic carbocycles. The Labute approximate surface area is 137 Å². The molecule has 0 fully saturated rings. The number of hydrogen-bond acceptors (Lipinski definition) is 3. The molecule has 0 atom stereocenters. The van der Waals surface area contributed by atoms with E-state index in [4.69, 9.17) is 4.74 Å². The van der Waals surface area contributed by atoms with Crippen LogP contribution in [0.5, 0.6) is 0 Å². The normalized spacial score (nSPS) is 10.3. The Balaban J connectivity index is 2.01. The van der Waals surface area contributed by atoms with Gasteiger partial charge < -0.3 is 15.4 Å². The van der Waals surface area contributed by atoms with Gasteiger partial charge in [-0.2, -0.15) is 0 Å². The Morgan fingerprint density at radius 1 is 1.00 bits per heavy atom. The lowest BCUT2D eigenvalue weighted by atomic mass is 10.1. The number of nitrogens with one attached hydrogen (secondary N) is 2. The van der Waals surface area contributed by atoms with Gasteiger partial charge >= 0.3 is 0 Å². The maximum Gasteiger partial charge on any atom is 0.255 e. The van der Waals surface area contributed by atoms with Gasteiger partial charge in [-0.3, -0.25) is 9.59 Å². The van der Waals surface area contributed by atoms with Crippen molar-refractivity contribution in [2.75, 3.05) is 25.6 Å². The van der Waals surface area contributed by atoms with Crippen LogP contribution in [-0.2, 0) is 4.74 Å². The molecule has 0 unspecified atom stereocenters. The molecule has 2 N–H and O–H groups in total. The van der Waals surface area contributed by atoms with Gasteiger partial charge in [0, 0.05) is 30.8 Å². The fourth-order valence-corrected chi connectivity index (χ4v) is 1.93. The van der Waals surface area contributed by atoms with E-state index in [1.165, 1.54) is 31.4 Å². The molecule has 0 radical (unpaired) electrons. The molecule has 0 saturated heterocycles. The molecular formula is C17H16F2N2O3. The third-order valence-corrected chi connectivity index (χ3v) is 3.18. The van der Waals surface area contributed by atoms with Crippen molar-refractivity contribution in [1.82, 2.24) is 5.32 Å². The Bertz CT molecular complexity index is 733. The van der Waals surface area contributed by atoms with Crippen LogP contribution < -0.4 is 10.6 Å². The smallest absolute Gasteiger partial charge is 0.255 e. The topological polar surface area (TPSA) is 67.4 Å². The molecule has 0 aromatic heterocycles. The minimum Gasteiger partial charge on any atom is -0.383 e. The van der Waals surface area contributed by atoms with E-state index < -0.39 is 17.5 Å². The number of halogens is 2. The highest BCUT2D eigenvalue weighted by molar-refractivity contribution is 6.05. The number of carbonyl (C=O) groups is 2. The monoisotopic (exact) mass is 334 g/mol. The zero-order chi connectivity index (χ0) is 17.5. The van der Waals surface area contributed by atoms with E-state index in [-0.39, 0.29) is 17.2 Å². The van der Waals surface area contributed by atoms with Crippen LogP contribution >= 0.6 is 0 Å². The van der Waals surface area contributed by atoms with E-state index in [0.717, 1.165) is 12.1 Å². The Hall–Kier alpha value is -2.80. The molecule has 0 aliphatic carbocycles. The molecule has 2 rings (SSSR count). The van der Waals surface area contributed by atoms with E-state index in [1.807, 2.05) is 0 Å². The number of carbonyl (C=O) groups excluding carboxylic acids is 2. The Morgan fingerprint density at radius 3 is 2.21 bits per heavy atom. The number of benzene rings is 2. The second-order valence-electron chi connectivity index (χ2n) is 4.90. The molecule has 2 aromatic rings. The van der Waals surface area contributed by atoms with Crippen LogP contribution in [0.1, 0.15) is 20.7 Å². The maximum absolute atomic E-state index is 13.5. The lowest BCUT2D eigenvalue weighted by Crippen LogP contribution is -2.27. The van der Waals surface area contributed by atoms with E-state index >= 15 is 0 Å². The number of ether oxygens (including phenoxy) is 1. The summed E-state index contributed by atoms with van der Waals surface area (Å²) in [4.78, 5) is 23.9. The van der Waals surface area contributed by atoms with Crippen molar-refractivity contribution >= 4 is 17.5 Å². The van der Waals surface area contributed by atoms with Crippen LogP contribution in [0.3, 0.4) is 0 Å². The van der Waals surface area contributed by atoms with E-state index in [2.05, 4.69) is 10.6 Å². The zero-order valence-corrected chi connectivity index (χ0v) is 12.9. The summed E-state index contributed by atoms with van der Waals surface area (Å²) < 4.78 is 31.2. The van der Waals surface area contributed by atoms with Gasteiger partial charge in [0.25, 0.3) is 11.8 Å². The molecule has 7 heteroatoms. The van der Waals surface area contributed by atoms with Crippen molar-refractivity contribution in [3.05, 3.63) is 65.2 Å². The van der Waals surface area contributed by atoms with Crippen molar-refractivity contribution in [2.24, 2.45) is 0 Å². The van der Waals surface area contributed by atoms with Crippen LogP contribution in [0.25, 0.3) is 0 Å². The number of anilines is 1. The van der Waals surface area contributed by atoms with Gasteiger partial charge in [0.05, 0.1) is 12.3 Å². The Morgan fingerprint density at radius 2 is 1.62 bits per heavy atom. The summed E-state index contributed by atoms with van der Waals surface area (Å²) in [7, 11) is 1.53. The van der Waals surface area contributed by atoms with Gasteiger partial charge in [-0.1, -0.05) is 0 Å². The number of methoxy groups -OCH3 is 1. The van der Waals surface area contributed by atoms with E-state index in [1.54, 1.807) is 0 Å².